The largest absolute Gasteiger partial charge is 0.394 e. The third-order valence-corrected chi connectivity index (χ3v) is 7.74. The molecule has 15 atom stereocenters. The third-order valence-electron chi connectivity index (χ3n) is 7.56. The topological polar surface area (TPSA) is 285 Å². The van der Waals surface area contributed by atoms with E-state index in [9.17, 15) is 51.1 Å². The van der Waals surface area contributed by atoms with E-state index < -0.39 is 112 Å². The van der Waals surface area contributed by atoms with Gasteiger partial charge in [0.1, 0.15) is 73.2 Å². The van der Waals surface area contributed by atoms with E-state index in [1.54, 1.807) is 0 Å². The summed E-state index contributed by atoms with van der Waals surface area (Å²) in [5, 5.41) is 102. The first kappa shape index (κ1) is 40.0. The standard InChI is InChI=1S/C26H48O19S/c27-9-12-15(30)16(31)19(34)25(41-12)44-23-14(11-29)43-26(21(36)18(23)33)45-22-13(10-28)42-24(20(35)17(22)32)40-6-5-38-2-1-37-3-4-39-7-8-46/h12-36,46H,1-11H2/t12-,13-,14-,15+,16+,17-,18-,19-,20-,21-,22-,23+,24-,25-,26+/m1/s1. The number of aliphatic hydroxyl groups excluding tert-OH is 10. The average molecular weight is 697 g/mol. The van der Waals surface area contributed by atoms with Crippen LogP contribution in [0, 0.1) is 0 Å². The number of hydrogen-bond acceptors (Lipinski definition) is 20. The Hall–Kier alpha value is -0.410. The molecule has 0 spiro atoms. The van der Waals surface area contributed by atoms with Gasteiger partial charge in [0, 0.05) is 5.75 Å². The molecule has 3 rings (SSSR count). The monoisotopic (exact) mass is 696 g/mol. The summed E-state index contributed by atoms with van der Waals surface area (Å²) in [6, 6.07) is 0. The summed E-state index contributed by atoms with van der Waals surface area (Å²) in [6.07, 6.45) is -24.6. The zero-order valence-electron chi connectivity index (χ0n) is 25.0. The summed E-state index contributed by atoms with van der Waals surface area (Å²) in [7, 11) is 0. The lowest BCUT2D eigenvalue weighted by molar-refractivity contribution is -0.379. The van der Waals surface area contributed by atoms with Crippen molar-refractivity contribution in [3.63, 3.8) is 0 Å². The van der Waals surface area contributed by atoms with Crippen LogP contribution in [0.15, 0.2) is 0 Å². The number of thiol groups is 1. The van der Waals surface area contributed by atoms with Gasteiger partial charge in [-0.2, -0.15) is 12.6 Å². The van der Waals surface area contributed by atoms with Gasteiger partial charge in [-0.05, 0) is 0 Å². The van der Waals surface area contributed by atoms with E-state index in [1.165, 1.54) is 0 Å². The average Bonchev–Trinajstić information content (AvgIpc) is 3.06. The highest BCUT2D eigenvalue weighted by molar-refractivity contribution is 7.80. The van der Waals surface area contributed by atoms with Crippen molar-refractivity contribution in [1.82, 2.24) is 0 Å². The number of hydrogen-bond donors (Lipinski definition) is 11. The molecule has 0 aromatic heterocycles. The summed E-state index contributed by atoms with van der Waals surface area (Å²) >= 11 is 4.03. The third kappa shape index (κ3) is 10.5. The molecule has 3 heterocycles. The van der Waals surface area contributed by atoms with Crippen LogP contribution in [0.25, 0.3) is 0 Å². The fourth-order valence-corrected chi connectivity index (χ4v) is 5.14. The van der Waals surface area contributed by atoms with Crippen molar-refractivity contribution in [2.75, 3.05) is 71.8 Å². The van der Waals surface area contributed by atoms with Crippen LogP contribution in [0.2, 0.25) is 0 Å². The van der Waals surface area contributed by atoms with Gasteiger partial charge in [0.15, 0.2) is 18.9 Å². The summed E-state index contributed by atoms with van der Waals surface area (Å²) in [5.74, 6) is 0.620. The fraction of sp³-hybridized carbons (Fsp3) is 1.00. The van der Waals surface area contributed by atoms with Crippen molar-refractivity contribution >= 4 is 12.6 Å². The first-order chi connectivity index (χ1) is 22.1. The molecule has 0 unspecified atom stereocenters. The Labute approximate surface area is 270 Å². The molecule has 46 heavy (non-hydrogen) atoms. The molecule has 0 aromatic rings. The van der Waals surface area contributed by atoms with Gasteiger partial charge >= 0.3 is 0 Å². The smallest absolute Gasteiger partial charge is 0.187 e. The van der Waals surface area contributed by atoms with Gasteiger partial charge in [-0.15, -0.1) is 0 Å². The van der Waals surface area contributed by atoms with Gasteiger partial charge in [0.05, 0.1) is 66.1 Å². The van der Waals surface area contributed by atoms with Crippen LogP contribution in [0.1, 0.15) is 0 Å². The van der Waals surface area contributed by atoms with Crippen LogP contribution >= 0.6 is 12.6 Å². The Kier molecular flexibility index (Phi) is 17.7. The fourth-order valence-electron chi connectivity index (χ4n) is 5.01. The second-order valence-corrected chi connectivity index (χ2v) is 11.2. The molecule has 0 amide bonds. The molecule has 3 saturated heterocycles. The lowest BCUT2D eigenvalue weighted by Crippen LogP contribution is -2.66. The lowest BCUT2D eigenvalue weighted by atomic mass is 9.96. The Morgan fingerprint density at radius 1 is 0.435 bits per heavy atom. The molecular weight excluding hydrogens is 648 g/mol. The zero-order valence-corrected chi connectivity index (χ0v) is 25.9. The Morgan fingerprint density at radius 2 is 0.826 bits per heavy atom. The van der Waals surface area contributed by atoms with E-state index in [0.717, 1.165) is 0 Å². The molecule has 0 saturated carbocycles. The first-order valence-electron chi connectivity index (χ1n) is 14.9. The van der Waals surface area contributed by atoms with Crippen LogP contribution in [-0.2, 0) is 42.6 Å². The minimum atomic E-state index is -1.92. The highest BCUT2D eigenvalue weighted by Gasteiger charge is 2.53. The zero-order chi connectivity index (χ0) is 33.8. The molecule has 19 nitrogen and oxygen atoms in total. The van der Waals surface area contributed by atoms with E-state index in [1.807, 2.05) is 0 Å². The van der Waals surface area contributed by atoms with Gasteiger partial charge < -0.3 is 93.7 Å². The molecule has 0 radical (unpaired) electrons. The van der Waals surface area contributed by atoms with Crippen molar-refractivity contribution in [3.05, 3.63) is 0 Å². The van der Waals surface area contributed by atoms with Gasteiger partial charge in [0.2, 0.25) is 0 Å². The summed E-state index contributed by atoms with van der Waals surface area (Å²) < 4.78 is 48.9. The van der Waals surface area contributed by atoms with Crippen LogP contribution in [0.3, 0.4) is 0 Å². The predicted octanol–water partition coefficient (Wildman–Crippen LogP) is -6.57. The molecule has 0 aliphatic carbocycles. The van der Waals surface area contributed by atoms with Crippen molar-refractivity contribution < 1.29 is 93.7 Å². The summed E-state index contributed by atoms with van der Waals surface area (Å²) in [5.41, 5.74) is 0. The van der Waals surface area contributed by atoms with Crippen molar-refractivity contribution in [1.29, 1.82) is 0 Å². The van der Waals surface area contributed by atoms with E-state index in [4.69, 9.17) is 42.6 Å². The summed E-state index contributed by atoms with van der Waals surface area (Å²) in [4.78, 5) is 0. The van der Waals surface area contributed by atoms with E-state index in [-0.39, 0.29) is 19.8 Å². The Morgan fingerprint density at radius 3 is 1.30 bits per heavy atom. The van der Waals surface area contributed by atoms with Gasteiger partial charge in [0.25, 0.3) is 0 Å². The normalized spacial score (nSPS) is 41.9. The maximum absolute atomic E-state index is 10.8. The second-order valence-electron chi connectivity index (χ2n) is 10.7. The Bertz CT molecular complexity index is 828. The van der Waals surface area contributed by atoms with Gasteiger partial charge in [-0.1, -0.05) is 0 Å². The minimum absolute atomic E-state index is 0.0478. The molecular formula is C26H48O19S. The van der Waals surface area contributed by atoms with Gasteiger partial charge in [-0.3, -0.25) is 0 Å². The minimum Gasteiger partial charge on any atom is -0.394 e. The SMILES string of the molecule is OC[C@H]1O[C@H](O[C@@H]2[C@H](O)[C@@H](O)[C@H](O[C@H]3[C@H](O)[C@@H](O)[C@H](OCCOCCOCCOCCS)O[C@@H]3CO)O[C@@H]2CO)[C@H](O)[C@@H](O)[C@H]1O. The molecule has 0 bridgehead atoms. The van der Waals surface area contributed by atoms with Crippen LogP contribution in [-0.4, -0.2) is 215 Å². The molecule has 0 aromatic carbocycles. The van der Waals surface area contributed by atoms with Gasteiger partial charge in [-0.25, -0.2) is 0 Å². The number of aliphatic hydroxyl groups is 10. The van der Waals surface area contributed by atoms with Crippen molar-refractivity contribution in [3.8, 4) is 0 Å². The quantitative estimate of drug-likeness (QED) is 0.0442. The number of ether oxygens (including phenoxy) is 9. The molecule has 3 aliphatic heterocycles. The van der Waals surface area contributed by atoms with Crippen molar-refractivity contribution in [2.45, 2.75) is 92.1 Å². The number of rotatable bonds is 19. The molecule has 20 heteroatoms. The lowest BCUT2D eigenvalue weighted by Gasteiger charge is -2.48. The van der Waals surface area contributed by atoms with Crippen LogP contribution in [0.4, 0.5) is 0 Å². The van der Waals surface area contributed by atoms with E-state index in [2.05, 4.69) is 12.6 Å². The van der Waals surface area contributed by atoms with Crippen molar-refractivity contribution in [2.24, 2.45) is 0 Å². The van der Waals surface area contributed by atoms with E-state index >= 15 is 0 Å². The highest BCUT2D eigenvalue weighted by Crippen LogP contribution is 2.32. The highest BCUT2D eigenvalue weighted by atomic mass is 32.1. The maximum Gasteiger partial charge on any atom is 0.187 e. The maximum atomic E-state index is 10.8. The molecule has 272 valence electrons. The molecule has 10 N–H and O–H groups in total. The predicted molar refractivity (Wildman–Crippen MR) is 151 cm³/mol. The van der Waals surface area contributed by atoms with E-state index in [0.29, 0.717) is 32.2 Å². The van der Waals surface area contributed by atoms with Crippen LogP contribution < -0.4 is 0 Å². The van der Waals surface area contributed by atoms with Crippen LogP contribution in [0.5, 0.6) is 0 Å². The summed E-state index contributed by atoms with van der Waals surface area (Å²) in [6.45, 7) is -0.289. The Balaban J connectivity index is 1.50. The molecule has 3 aliphatic rings. The first-order valence-corrected chi connectivity index (χ1v) is 15.5. The molecule has 3 fully saturated rings. The second kappa shape index (κ2) is 20.3.